The zero-order valence-corrected chi connectivity index (χ0v) is 11.1. The first kappa shape index (κ1) is 17.7. The molecule has 0 aliphatic carbocycles. The fraction of sp³-hybridized carbons (Fsp3) is 0.636. The SMILES string of the molecule is CC(=O)NCCNC(=O)N[C@H](CCCC(=O)O)C(=O)O. The zero-order chi connectivity index (χ0) is 15.5. The average Bonchev–Trinajstić information content (AvgIpc) is 2.32. The topological polar surface area (TPSA) is 145 Å². The van der Waals surface area contributed by atoms with E-state index in [0.29, 0.717) is 0 Å². The summed E-state index contributed by atoms with van der Waals surface area (Å²) in [6, 6.07) is -1.83. The minimum Gasteiger partial charge on any atom is -0.481 e. The highest BCUT2D eigenvalue weighted by Crippen LogP contribution is 2.01. The van der Waals surface area contributed by atoms with Gasteiger partial charge in [-0.05, 0) is 12.8 Å². The van der Waals surface area contributed by atoms with Crippen LogP contribution in [-0.4, -0.2) is 53.2 Å². The molecule has 0 heterocycles. The van der Waals surface area contributed by atoms with E-state index in [1.54, 1.807) is 0 Å². The molecule has 9 heteroatoms. The van der Waals surface area contributed by atoms with Gasteiger partial charge in [-0.2, -0.15) is 0 Å². The largest absolute Gasteiger partial charge is 0.481 e. The Balaban J connectivity index is 3.98. The zero-order valence-electron chi connectivity index (χ0n) is 11.1. The van der Waals surface area contributed by atoms with Crippen LogP contribution in [0.5, 0.6) is 0 Å². The number of carboxylic acid groups (broad SMARTS) is 2. The van der Waals surface area contributed by atoms with E-state index >= 15 is 0 Å². The number of carboxylic acids is 2. The quantitative estimate of drug-likeness (QED) is 0.349. The third kappa shape index (κ3) is 9.68. The molecule has 9 nitrogen and oxygen atoms in total. The summed E-state index contributed by atoms with van der Waals surface area (Å²) < 4.78 is 0. The molecule has 0 aliphatic rings. The number of nitrogens with one attached hydrogen (secondary N) is 3. The summed E-state index contributed by atoms with van der Waals surface area (Å²) in [5.74, 6) is -2.48. The van der Waals surface area contributed by atoms with Crippen molar-refractivity contribution in [3.63, 3.8) is 0 Å². The lowest BCUT2D eigenvalue weighted by Gasteiger charge is -2.14. The Labute approximate surface area is 115 Å². The highest BCUT2D eigenvalue weighted by atomic mass is 16.4. The Morgan fingerprint density at radius 3 is 2.15 bits per heavy atom. The molecule has 20 heavy (non-hydrogen) atoms. The van der Waals surface area contributed by atoms with Crippen LogP contribution in [0.1, 0.15) is 26.2 Å². The molecule has 0 aromatic rings. The summed E-state index contributed by atoms with van der Waals surface area (Å²) in [4.78, 5) is 43.2. The predicted molar refractivity (Wildman–Crippen MR) is 68.1 cm³/mol. The van der Waals surface area contributed by atoms with Crippen molar-refractivity contribution in [3.05, 3.63) is 0 Å². The van der Waals surface area contributed by atoms with Gasteiger partial charge in [0.05, 0.1) is 0 Å². The molecule has 0 radical (unpaired) electrons. The Hall–Kier alpha value is -2.32. The van der Waals surface area contributed by atoms with Gasteiger partial charge in [-0.15, -0.1) is 0 Å². The van der Waals surface area contributed by atoms with E-state index in [1.165, 1.54) is 6.92 Å². The van der Waals surface area contributed by atoms with Crippen molar-refractivity contribution in [1.29, 1.82) is 0 Å². The van der Waals surface area contributed by atoms with Gasteiger partial charge in [0.25, 0.3) is 0 Å². The van der Waals surface area contributed by atoms with Crippen molar-refractivity contribution in [2.24, 2.45) is 0 Å². The molecule has 0 aromatic carbocycles. The molecule has 3 amide bonds. The van der Waals surface area contributed by atoms with Crippen molar-refractivity contribution in [3.8, 4) is 0 Å². The van der Waals surface area contributed by atoms with Gasteiger partial charge in [-0.25, -0.2) is 9.59 Å². The smallest absolute Gasteiger partial charge is 0.326 e. The molecule has 0 spiro atoms. The number of amides is 3. The van der Waals surface area contributed by atoms with Crippen LogP contribution in [0.3, 0.4) is 0 Å². The van der Waals surface area contributed by atoms with Gasteiger partial charge in [0.2, 0.25) is 5.91 Å². The maximum atomic E-state index is 11.4. The van der Waals surface area contributed by atoms with Gasteiger partial charge in [-0.1, -0.05) is 0 Å². The van der Waals surface area contributed by atoms with E-state index in [9.17, 15) is 19.2 Å². The first-order valence-electron chi connectivity index (χ1n) is 6.06. The number of hydrogen-bond acceptors (Lipinski definition) is 4. The Morgan fingerprint density at radius 2 is 1.65 bits per heavy atom. The summed E-state index contributed by atoms with van der Waals surface area (Å²) >= 11 is 0. The average molecular weight is 289 g/mol. The summed E-state index contributed by atoms with van der Waals surface area (Å²) in [6.45, 7) is 1.73. The molecule has 0 bridgehead atoms. The van der Waals surface area contributed by atoms with E-state index in [0.717, 1.165) is 0 Å². The molecule has 0 saturated carbocycles. The fourth-order valence-electron chi connectivity index (χ4n) is 1.34. The second-order valence-corrected chi connectivity index (χ2v) is 4.06. The highest BCUT2D eigenvalue weighted by Gasteiger charge is 2.19. The normalized spacial score (nSPS) is 11.2. The van der Waals surface area contributed by atoms with Gasteiger partial charge in [0.15, 0.2) is 0 Å². The molecule has 5 N–H and O–H groups in total. The Bertz CT molecular complexity index is 371. The molecule has 0 aromatic heterocycles. The van der Waals surface area contributed by atoms with Crippen LogP contribution < -0.4 is 16.0 Å². The van der Waals surface area contributed by atoms with Gasteiger partial charge in [0.1, 0.15) is 6.04 Å². The summed E-state index contributed by atoms with van der Waals surface area (Å²) in [5.41, 5.74) is 0. The minimum absolute atomic E-state index is 0.0285. The molecular weight excluding hydrogens is 270 g/mol. The molecule has 0 fully saturated rings. The van der Waals surface area contributed by atoms with Crippen LogP contribution >= 0.6 is 0 Å². The molecule has 114 valence electrons. The van der Waals surface area contributed by atoms with Crippen molar-refractivity contribution in [1.82, 2.24) is 16.0 Å². The molecule has 0 saturated heterocycles. The molecule has 0 aliphatic heterocycles. The predicted octanol–water partition coefficient (Wildman–Crippen LogP) is -0.870. The number of carbonyl (C=O) groups is 4. The maximum Gasteiger partial charge on any atom is 0.326 e. The molecule has 1 atom stereocenters. The molecule has 0 unspecified atom stereocenters. The summed E-state index contributed by atoms with van der Waals surface area (Å²) in [6.07, 6.45) is 0.0227. The standard InChI is InChI=1S/C11H19N3O6/c1-7(15)12-5-6-13-11(20)14-8(10(18)19)3-2-4-9(16)17/h8H,2-6H2,1H3,(H,12,15)(H,16,17)(H,18,19)(H2,13,14,20)/t8-/m1/s1. The van der Waals surface area contributed by atoms with Gasteiger partial charge < -0.3 is 26.2 Å². The van der Waals surface area contributed by atoms with E-state index in [-0.39, 0.29) is 38.3 Å². The van der Waals surface area contributed by atoms with Crippen molar-refractivity contribution < 1.29 is 29.4 Å². The maximum absolute atomic E-state index is 11.4. The number of hydrogen-bond donors (Lipinski definition) is 5. The monoisotopic (exact) mass is 289 g/mol. The minimum atomic E-state index is -1.23. The Morgan fingerprint density at radius 1 is 1.05 bits per heavy atom. The van der Waals surface area contributed by atoms with E-state index in [1.807, 2.05) is 0 Å². The molecule has 0 rings (SSSR count). The van der Waals surface area contributed by atoms with E-state index in [2.05, 4.69) is 16.0 Å². The lowest BCUT2D eigenvalue weighted by Crippen LogP contribution is -2.47. The van der Waals surface area contributed by atoms with Crippen LogP contribution in [0.2, 0.25) is 0 Å². The number of carbonyl (C=O) groups excluding carboxylic acids is 2. The van der Waals surface area contributed by atoms with Crippen molar-refractivity contribution >= 4 is 23.9 Å². The number of urea groups is 1. The van der Waals surface area contributed by atoms with E-state index < -0.39 is 24.0 Å². The third-order valence-corrected chi connectivity index (χ3v) is 2.27. The first-order chi connectivity index (χ1) is 9.32. The number of rotatable bonds is 9. The van der Waals surface area contributed by atoms with Gasteiger partial charge in [0, 0.05) is 26.4 Å². The Kier molecular flexibility index (Phi) is 8.48. The second-order valence-electron chi connectivity index (χ2n) is 4.06. The summed E-state index contributed by atoms with van der Waals surface area (Å²) in [5, 5.41) is 24.4. The van der Waals surface area contributed by atoms with Crippen LogP contribution in [0.4, 0.5) is 4.79 Å². The second kappa shape index (κ2) is 9.59. The first-order valence-corrected chi connectivity index (χ1v) is 6.06. The van der Waals surface area contributed by atoms with Gasteiger partial charge >= 0.3 is 18.0 Å². The van der Waals surface area contributed by atoms with Crippen LogP contribution in [-0.2, 0) is 14.4 Å². The van der Waals surface area contributed by atoms with Crippen LogP contribution in [0.15, 0.2) is 0 Å². The van der Waals surface area contributed by atoms with Crippen molar-refractivity contribution in [2.45, 2.75) is 32.2 Å². The third-order valence-electron chi connectivity index (χ3n) is 2.27. The summed E-state index contributed by atoms with van der Waals surface area (Å²) in [7, 11) is 0. The van der Waals surface area contributed by atoms with E-state index in [4.69, 9.17) is 10.2 Å². The lowest BCUT2D eigenvalue weighted by molar-refractivity contribution is -0.140. The van der Waals surface area contributed by atoms with Crippen LogP contribution in [0.25, 0.3) is 0 Å². The van der Waals surface area contributed by atoms with Gasteiger partial charge in [-0.3, -0.25) is 9.59 Å². The number of aliphatic carboxylic acids is 2. The highest BCUT2D eigenvalue weighted by molar-refractivity contribution is 5.82. The fourth-order valence-corrected chi connectivity index (χ4v) is 1.34. The molecular formula is C11H19N3O6. The van der Waals surface area contributed by atoms with Crippen molar-refractivity contribution in [2.75, 3.05) is 13.1 Å². The van der Waals surface area contributed by atoms with Crippen LogP contribution in [0, 0.1) is 0 Å². The lowest BCUT2D eigenvalue weighted by atomic mass is 10.1.